The molecule has 0 aliphatic rings. The minimum atomic E-state index is -3.37. The number of carbonyl (C=O) groups excluding carboxylic acids is 1. The minimum absolute atomic E-state index is 0.0195. The number of benzene rings is 1. The van der Waals surface area contributed by atoms with E-state index in [1.807, 2.05) is 6.92 Å². The molecule has 27 heavy (non-hydrogen) atoms. The quantitative estimate of drug-likeness (QED) is 0.543. The first kappa shape index (κ1) is 20.6. The van der Waals surface area contributed by atoms with Crippen molar-refractivity contribution in [3.63, 3.8) is 0 Å². The predicted octanol–water partition coefficient (Wildman–Crippen LogP) is 1.34. The van der Waals surface area contributed by atoms with Gasteiger partial charge in [0.2, 0.25) is 0 Å². The van der Waals surface area contributed by atoms with E-state index in [-0.39, 0.29) is 16.4 Å². The number of hydrogen-bond donors (Lipinski definition) is 3. The Balaban J connectivity index is 2.44. The van der Waals surface area contributed by atoms with Crippen molar-refractivity contribution in [1.82, 2.24) is 9.97 Å². The highest BCUT2D eigenvalue weighted by Crippen LogP contribution is 2.24. The molecule has 2 aromatic rings. The Bertz CT molecular complexity index is 931. The highest BCUT2D eigenvalue weighted by molar-refractivity contribution is 7.90. The summed E-state index contributed by atoms with van der Waals surface area (Å²) in [6.45, 7) is 2.87. The normalized spacial score (nSPS) is 11.2. The molecule has 1 amide bonds. The van der Waals surface area contributed by atoms with E-state index in [0.717, 1.165) is 6.26 Å². The Hall–Kier alpha value is -2.72. The highest BCUT2D eigenvalue weighted by Gasteiger charge is 2.17. The molecule has 0 fully saturated rings. The van der Waals surface area contributed by atoms with Crippen LogP contribution in [0.15, 0.2) is 29.2 Å². The Kier molecular flexibility index (Phi) is 6.70. The van der Waals surface area contributed by atoms with Crippen molar-refractivity contribution < 1.29 is 17.9 Å². The van der Waals surface area contributed by atoms with Gasteiger partial charge in [0.1, 0.15) is 5.82 Å². The van der Waals surface area contributed by atoms with E-state index in [1.165, 1.54) is 12.1 Å². The van der Waals surface area contributed by atoms with E-state index in [0.29, 0.717) is 36.8 Å². The fraction of sp³-hybridized carbons (Fsp3) is 0.353. The van der Waals surface area contributed by atoms with Gasteiger partial charge in [-0.05, 0) is 24.6 Å². The molecular weight excluding hydrogens is 370 g/mol. The first-order valence-electron chi connectivity index (χ1n) is 8.27. The van der Waals surface area contributed by atoms with Gasteiger partial charge in [-0.25, -0.2) is 18.4 Å². The van der Waals surface area contributed by atoms with Gasteiger partial charge in [-0.3, -0.25) is 4.79 Å². The molecule has 4 N–H and O–H groups in total. The average Bonchev–Trinajstić information content (AvgIpc) is 2.61. The minimum Gasteiger partial charge on any atom is -0.383 e. The Morgan fingerprint density at radius 2 is 2.00 bits per heavy atom. The standard InChI is InChI=1S/C17H23N5O4S/c1-4-13-16(19-8-9-26-2)22-17(14(21-13)15(18)23)20-11-6-5-7-12(10-11)27(3,24)25/h5-7,10H,4,8-9H2,1-3H3,(H2,18,23)(H2,19,20,22). The summed E-state index contributed by atoms with van der Waals surface area (Å²) < 4.78 is 28.5. The van der Waals surface area contributed by atoms with Gasteiger partial charge in [0.15, 0.2) is 21.3 Å². The summed E-state index contributed by atoms with van der Waals surface area (Å²) in [5.74, 6) is -0.0889. The van der Waals surface area contributed by atoms with Crippen molar-refractivity contribution in [2.75, 3.05) is 37.2 Å². The van der Waals surface area contributed by atoms with Crippen molar-refractivity contribution >= 4 is 33.1 Å². The summed E-state index contributed by atoms with van der Waals surface area (Å²) in [6, 6.07) is 6.19. The van der Waals surface area contributed by atoms with Crippen LogP contribution in [0.1, 0.15) is 23.1 Å². The highest BCUT2D eigenvalue weighted by atomic mass is 32.2. The van der Waals surface area contributed by atoms with E-state index < -0.39 is 15.7 Å². The molecule has 0 aliphatic heterocycles. The van der Waals surface area contributed by atoms with Crippen molar-refractivity contribution in [2.45, 2.75) is 18.2 Å². The number of ether oxygens (including phenoxy) is 1. The van der Waals surface area contributed by atoms with Gasteiger partial charge in [0, 0.05) is 25.6 Å². The van der Waals surface area contributed by atoms with Crippen LogP contribution in [-0.4, -0.2) is 50.8 Å². The summed E-state index contributed by atoms with van der Waals surface area (Å²) >= 11 is 0. The van der Waals surface area contributed by atoms with E-state index in [1.54, 1.807) is 19.2 Å². The number of primary amides is 1. The number of nitrogens with zero attached hydrogens (tertiary/aromatic N) is 2. The Morgan fingerprint density at radius 1 is 1.26 bits per heavy atom. The zero-order chi connectivity index (χ0) is 20.0. The second-order valence-corrected chi connectivity index (χ2v) is 7.79. The molecule has 146 valence electrons. The van der Waals surface area contributed by atoms with Gasteiger partial charge in [-0.2, -0.15) is 0 Å². The lowest BCUT2D eigenvalue weighted by Gasteiger charge is -2.15. The maximum Gasteiger partial charge on any atom is 0.271 e. The predicted molar refractivity (Wildman–Crippen MR) is 103 cm³/mol. The van der Waals surface area contributed by atoms with Gasteiger partial charge < -0.3 is 21.1 Å². The number of methoxy groups -OCH3 is 1. The largest absolute Gasteiger partial charge is 0.383 e. The number of aryl methyl sites for hydroxylation is 1. The van der Waals surface area contributed by atoms with E-state index in [9.17, 15) is 13.2 Å². The third-order valence-corrected chi connectivity index (χ3v) is 4.77. The van der Waals surface area contributed by atoms with Crippen LogP contribution in [-0.2, 0) is 21.0 Å². The molecule has 1 heterocycles. The van der Waals surface area contributed by atoms with Crippen molar-refractivity contribution in [2.24, 2.45) is 5.73 Å². The first-order chi connectivity index (χ1) is 12.8. The van der Waals surface area contributed by atoms with Crippen LogP contribution in [0.2, 0.25) is 0 Å². The summed E-state index contributed by atoms with van der Waals surface area (Å²) in [7, 11) is -1.78. The smallest absolute Gasteiger partial charge is 0.271 e. The SMILES string of the molecule is CCc1nc(C(N)=O)c(Nc2cccc(S(C)(=O)=O)c2)nc1NCCOC. The molecule has 0 radical (unpaired) electrons. The molecule has 1 aromatic carbocycles. The summed E-state index contributed by atoms with van der Waals surface area (Å²) in [4.78, 5) is 20.7. The second-order valence-electron chi connectivity index (χ2n) is 5.78. The van der Waals surface area contributed by atoms with E-state index in [2.05, 4.69) is 20.6 Å². The number of nitrogens with one attached hydrogen (secondary N) is 2. The molecule has 0 saturated heterocycles. The van der Waals surface area contributed by atoms with Crippen LogP contribution < -0.4 is 16.4 Å². The molecule has 2 rings (SSSR count). The fourth-order valence-electron chi connectivity index (χ4n) is 2.33. The van der Waals surface area contributed by atoms with Crippen LogP contribution >= 0.6 is 0 Å². The van der Waals surface area contributed by atoms with Crippen molar-refractivity contribution in [3.8, 4) is 0 Å². The monoisotopic (exact) mass is 393 g/mol. The van der Waals surface area contributed by atoms with Crippen LogP contribution in [0, 0.1) is 0 Å². The lowest BCUT2D eigenvalue weighted by molar-refractivity contribution is 0.0996. The van der Waals surface area contributed by atoms with E-state index in [4.69, 9.17) is 10.5 Å². The number of sulfone groups is 1. The van der Waals surface area contributed by atoms with Crippen LogP contribution in [0.3, 0.4) is 0 Å². The molecule has 0 aliphatic carbocycles. The fourth-order valence-corrected chi connectivity index (χ4v) is 3.00. The maximum absolute atomic E-state index is 11.8. The van der Waals surface area contributed by atoms with Gasteiger partial charge in [0.25, 0.3) is 5.91 Å². The maximum atomic E-state index is 11.8. The summed E-state index contributed by atoms with van der Waals surface area (Å²) in [5.41, 5.74) is 6.46. The van der Waals surface area contributed by atoms with Crippen LogP contribution in [0.25, 0.3) is 0 Å². The second kappa shape index (κ2) is 8.78. The molecule has 0 unspecified atom stereocenters. The average molecular weight is 393 g/mol. The molecule has 0 saturated carbocycles. The molecule has 0 atom stereocenters. The number of nitrogens with two attached hydrogens (primary N) is 1. The van der Waals surface area contributed by atoms with Gasteiger partial charge in [-0.15, -0.1) is 0 Å². The number of rotatable bonds is 9. The first-order valence-corrected chi connectivity index (χ1v) is 10.2. The number of hydrogen-bond acceptors (Lipinski definition) is 8. The van der Waals surface area contributed by atoms with Crippen LogP contribution in [0.5, 0.6) is 0 Å². The third kappa shape index (κ3) is 5.38. The zero-order valence-electron chi connectivity index (χ0n) is 15.4. The molecule has 10 heteroatoms. The number of aromatic nitrogens is 2. The summed E-state index contributed by atoms with van der Waals surface area (Å²) in [5, 5.41) is 6.04. The van der Waals surface area contributed by atoms with Gasteiger partial charge in [0.05, 0.1) is 17.2 Å². The number of anilines is 3. The summed E-state index contributed by atoms with van der Waals surface area (Å²) in [6.07, 6.45) is 1.67. The lowest BCUT2D eigenvalue weighted by Crippen LogP contribution is -2.20. The van der Waals surface area contributed by atoms with E-state index >= 15 is 0 Å². The number of carbonyl (C=O) groups is 1. The van der Waals surface area contributed by atoms with Crippen LogP contribution in [0.4, 0.5) is 17.3 Å². The third-order valence-electron chi connectivity index (χ3n) is 3.66. The zero-order valence-corrected chi connectivity index (χ0v) is 16.3. The molecule has 0 bridgehead atoms. The lowest BCUT2D eigenvalue weighted by atomic mass is 10.2. The van der Waals surface area contributed by atoms with Gasteiger partial charge in [-0.1, -0.05) is 13.0 Å². The number of amides is 1. The van der Waals surface area contributed by atoms with Crippen molar-refractivity contribution in [3.05, 3.63) is 35.7 Å². The topological polar surface area (TPSA) is 136 Å². The Morgan fingerprint density at radius 3 is 2.59 bits per heavy atom. The molecule has 0 spiro atoms. The Labute approximate surface area is 158 Å². The molecule has 1 aromatic heterocycles. The van der Waals surface area contributed by atoms with Crippen molar-refractivity contribution in [1.29, 1.82) is 0 Å². The van der Waals surface area contributed by atoms with Gasteiger partial charge >= 0.3 is 0 Å². The molecule has 9 nitrogen and oxygen atoms in total. The molecular formula is C17H23N5O4S.